The number of hydrogen-bond acceptors (Lipinski definition) is 4. The van der Waals surface area contributed by atoms with Crippen LogP contribution >= 0.6 is 0 Å². The Balaban J connectivity index is 2.00. The Hall–Kier alpha value is -1.26. The molecule has 1 fully saturated rings. The summed E-state index contributed by atoms with van der Waals surface area (Å²) < 4.78 is 10.8. The maximum atomic E-state index is 5.45. The molecule has 0 unspecified atom stereocenters. The minimum Gasteiger partial charge on any atom is -0.497 e. The van der Waals surface area contributed by atoms with Crippen molar-refractivity contribution in [2.45, 2.75) is 26.4 Å². The van der Waals surface area contributed by atoms with Gasteiger partial charge in [-0.05, 0) is 32.0 Å². The molecule has 0 atom stereocenters. The van der Waals surface area contributed by atoms with Gasteiger partial charge in [0.2, 0.25) is 0 Å². The Morgan fingerprint density at radius 1 is 1.05 bits per heavy atom. The molecule has 1 aromatic carbocycles. The van der Waals surface area contributed by atoms with Gasteiger partial charge in [-0.3, -0.25) is 9.80 Å². The van der Waals surface area contributed by atoms with Crippen molar-refractivity contribution in [2.24, 2.45) is 0 Å². The number of hydrogen-bond donors (Lipinski definition) is 0. The van der Waals surface area contributed by atoms with Crippen LogP contribution in [0.25, 0.3) is 0 Å². The lowest BCUT2D eigenvalue weighted by Gasteiger charge is -2.37. The molecule has 2 rings (SSSR count). The summed E-state index contributed by atoms with van der Waals surface area (Å²) in [6.07, 6.45) is 0. The van der Waals surface area contributed by atoms with Crippen molar-refractivity contribution in [3.8, 4) is 11.5 Å². The number of benzene rings is 1. The zero-order valence-electron chi connectivity index (χ0n) is 13.1. The smallest absolute Gasteiger partial charge is 0.123 e. The largest absolute Gasteiger partial charge is 0.497 e. The van der Waals surface area contributed by atoms with Crippen LogP contribution in [0.15, 0.2) is 18.2 Å². The fourth-order valence-corrected chi connectivity index (χ4v) is 2.68. The third kappa shape index (κ3) is 3.64. The first-order valence-electron chi connectivity index (χ1n) is 7.31. The summed E-state index contributed by atoms with van der Waals surface area (Å²) in [5, 5.41) is 0. The van der Waals surface area contributed by atoms with Crippen molar-refractivity contribution in [3.05, 3.63) is 23.8 Å². The van der Waals surface area contributed by atoms with Gasteiger partial charge in [0, 0.05) is 44.3 Å². The van der Waals surface area contributed by atoms with E-state index in [1.165, 1.54) is 5.56 Å². The lowest BCUT2D eigenvalue weighted by molar-refractivity contribution is 0.103. The zero-order chi connectivity index (χ0) is 14.5. The van der Waals surface area contributed by atoms with E-state index in [2.05, 4.69) is 29.7 Å². The highest BCUT2D eigenvalue weighted by Crippen LogP contribution is 2.25. The molecule has 0 spiro atoms. The van der Waals surface area contributed by atoms with Crippen molar-refractivity contribution in [1.82, 2.24) is 9.80 Å². The van der Waals surface area contributed by atoms with Crippen molar-refractivity contribution >= 4 is 0 Å². The summed E-state index contributed by atoms with van der Waals surface area (Å²) in [6.45, 7) is 9.96. The van der Waals surface area contributed by atoms with Crippen LogP contribution in [0.4, 0.5) is 0 Å². The average molecular weight is 278 g/mol. The van der Waals surface area contributed by atoms with Gasteiger partial charge in [0.05, 0.1) is 14.2 Å². The van der Waals surface area contributed by atoms with Gasteiger partial charge < -0.3 is 9.47 Å². The second-order valence-electron chi connectivity index (χ2n) is 5.58. The van der Waals surface area contributed by atoms with Gasteiger partial charge in [-0.25, -0.2) is 0 Å². The van der Waals surface area contributed by atoms with Gasteiger partial charge in [0.15, 0.2) is 0 Å². The topological polar surface area (TPSA) is 24.9 Å². The van der Waals surface area contributed by atoms with Crippen LogP contribution in [0.5, 0.6) is 11.5 Å². The van der Waals surface area contributed by atoms with Crippen LogP contribution in [0.3, 0.4) is 0 Å². The Bertz CT molecular complexity index is 426. The third-order valence-electron chi connectivity index (χ3n) is 4.02. The van der Waals surface area contributed by atoms with Crippen LogP contribution < -0.4 is 9.47 Å². The molecule has 0 N–H and O–H groups in total. The first-order valence-corrected chi connectivity index (χ1v) is 7.31. The predicted octanol–water partition coefficient (Wildman–Crippen LogP) is 2.23. The van der Waals surface area contributed by atoms with E-state index in [1.54, 1.807) is 14.2 Å². The highest BCUT2D eigenvalue weighted by molar-refractivity contribution is 5.40. The molecular formula is C16H26N2O2. The number of rotatable bonds is 5. The summed E-state index contributed by atoms with van der Waals surface area (Å²) in [5.41, 5.74) is 1.20. The van der Waals surface area contributed by atoms with Gasteiger partial charge in [-0.1, -0.05) is 0 Å². The van der Waals surface area contributed by atoms with E-state index in [-0.39, 0.29) is 0 Å². The molecule has 0 amide bonds. The van der Waals surface area contributed by atoms with Gasteiger partial charge in [-0.2, -0.15) is 0 Å². The molecule has 1 saturated heterocycles. The van der Waals surface area contributed by atoms with Gasteiger partial charge in [-0.15, -0.1) is 0 Å². The first kappa shape index (κ1) is 15.1. The van der Waals surface area contributed by atoms with E-state index < -0.39 is 0 Å². The molecule has 4 nitrogen and oxygen atoms in total. The quantitative estimate of drug-likeness (QED) is 0.824. The molecule has 1 aliphatic heterocycles. The fourth-order valence-electron chi connectivity index (χ4n) is 2.68. The van der Waals surface area contributed by atoms with Crippen LogP contribution in [0, 0.1) is 0 Å². The van der Waals surface area contributed by atoms with E-state index in [0.29, 0.717) is 6.04 Å². The van der Waals surface area contributed by atoms with Crippen LogP contribution in [-0.4, -0.2) is 56.2 Å². The number of piperazine rings is 1. The van der Waals surface area contributed by atoms with Crippen molar-refractivity contribution in [2.75, 3.05) is 40.4 Å². The molecular weight excluding hydrogens is 252 g/mol. The lowest BCUT2D eigenvalue weighted by atomic mass is 10.1. The van der Waals surface area contributed by atoms with E-state index in [4.69, 9.17) is 9.47 Å². The minimum absolute atomic E-state index is 0.642. The lowest BCUT2D eigenvalue weighted by Crippen LogP contribution is -2.48. The molecule has 0 radical (unpaired) electrons. The van der Waals surface area contributed by atoms with Crippen LogP contribution in [-0.2, 0) is 6.54 Å². The molecule has 1 aromatic rings. The van der Waals surface area contributed by atoms with Gasteiger partial charge >= 0.3 is 0 Å². The second-order valence-corrected chi connectivity index (χ2v) is 5.58. The predicted molar refractivity (Wildman–Crippen MR) is 81.5 cm³/mol. The molecule has 112 valence electrons. The van der Waals surface area contributed by atoms with Gasteiger partial charge in [0.25, 0.3) is 0 Å². The highest BCUT2D eigenvalue weighted by atomic mass is 16.5. The Morgan fingerprint density at radius 3 is 2.30 bits per heavy atom. The maximum absolute atomic E-state index is 5.45. The van der Waals surface area contributed by atoms with Crippen molar-refractivity contribution in [1.29, 1.82) is 0 Å². The fraction of sp³-hybridized carbons (Fsp3) is 0.625. The summed E-state index contributed by atoms with van der Waals surface area (Å²) in [7, 11) is 3.43. The first-order chi connectivity index (χ1) is 9.63. The molecule has 0 saturated carbocycles. The monoisotopic (exact) mass is 278 g/mol. The van der Waals surface area contributed by atoms with Crippen molar-refractivity contribution < 1.29 is 9.47 Å². The molecule has 1 aliphatic rings. The SMILES string of the molecule is COc1ccc(OC)c(CN2CCN(C(C)C)CC2)c1. The van der Waals surface area contributed by atoms with E-state index >= 15 is 0 Å². The molecule has 4 heteroatoms. The zero-order valence-corrected chi connectivity index (χ0v) is 13.1. The van der Waals surface area contributed by atoms with E-state index in [1.807, 2.05) is 12.1 Å². The Kier molecular flexibility index (Phi) is 5.26. The molecule has 0 bridgehead atoms. The number of nitrogens with zero attached hydrogens (tertiary/aromatic N) is 2. The third-order valence-corrected chi connectivity index (χ3v) is 4.02. The number of ether oxygens (including phenoxy) is 2. The summed E-state index contributed by atoms with van der Waals surface area (Å²) in [4.78, 5) is 5.01. The second kappa shape index (κ2) is 6.95. The normalized spacial score (nSPS) is 17.4. The molecule has 0 aromatic heterocycles. The molecule has 0 aliphatic carbocycles. The van der Waals surface area contributed by atoms with Crippen molar-refractivity contribution in [3.63, 3.8) is 0 Å². The van der Waals surface area contributed by atoms with E-state index in [9.17, 15) is 0 Å². The van der Waals surface area contributed by atoms with E-state index in [0.717, 1.165) is 44.2 Å². The Morgan fingerprint density at radius 2 is 1.75 bits per heavy atom. The maximum Gasteiger partial charge on any atom is 0.123 e. The van der Waals surface area contributed by atoms with Crippen LogP contribution in [0.2, 0.25) is 0 Å². The average Bonchev–Trinajstić information content (AvgIpc) is 2.47. The van der Waals surface area contributed by atoms with Crippen LogP contribution in [0.1, 0.15) is 19.4 Å². The summed E-state index contributed by atoms with van der Waals surface area (Å²) in [5.74, 6) is 1.83. The number of methoxy groups -OCH3 is 2. The highest BCUT2D eigenvalue weighted by Gasteiger charge is 2.19. The molecule has 20 heavy (non-hydrogen) atoms. The summed E-state index contributed by atoms with van der Waals surface area (Å²) >= 11 is 0. The van der Waals surface area contributed by atoms with Gasteiger partial charge in [0.1, 0.15) is 11.5 Å². The summed E-state index contributed by atoms with van der Waals surface area (Å²) in [6, 6.07) is 6.65. The minimum atomic E-state index is 0.642. The molecule has 1 heterocycles. The Labute approximate surface area is 122 Å². The standard InChI is InChI=1S/C16H26N2O2/c1-13(2)18-9-7-17(8-10-18)12-14-11-15(19-3)5-6-16(14)20-4/h5-6,11,13H,7-10,12H2,1-4H3.